The molecule has 1 saturated carbocycles. The monoisotopic (exact) mass is 347 g/mol. The van der Waals surface area contributed by atoms with Crippen molar-refractivity contribution in [2.24, 2.45) is 5.41 Å². The Labute approximate surface area is 147 Å². The van der Waals surface area contributed by atoms with Crippen LogP contribution in [0.25, 0.3) is 0 Å². The van der Waals surface area contributed by atoms with E-state index in [9.17, 15) is 14.7 Å². The lowest BCUT2D eigenvalue weighted by Crippen LogP contribution is -2.36. The third kappa shape index (κ3) is 4.39. The summed E-state index contributed by atoms with van der Waals surface area (Å²) < 4.78 is 0. The Morgan fingerprint density at radius 2 is 2.08 bits per heavy atom. The van der Waals surface area contributed by atoms with Crippen LogP contribution in [-0.2, 0) is 4.79 Å². The minimum Gasteiger partial charge on any atom is -0.477 e. The van der Waals surface area contributed by atoms with Crippen molar-refractivity contribution in [1.82, 2.24) is 0 Å². The Hall–Kier alpha value is -1.80. The smallest absolute Gasteiger partial charge is 0.348 e. The average molecular weight is 347 g/mol. The summed E-state index contributed by atoms with van der Waals surface area (Å²) in [4.78, 5) is 25.8. The van der Waals surface area contributed by atoms with Gasteiger partial charge in [-0.1, -0.05) is 38.0 Å². The highest BCUT2D eigenvalue weighted by atomic mass is 32.1. The van der Waals surface area contributed by atoms with Gasteiger partial charge in [0, 0.05) is 11.5 Å². The Kier molecular flexibility index (Phi) is 6.06. The first kappa shape index (κ1) is 18.5. The normalized spacial score (nSPS) is 15.5. The Morgan fingerprint density at radius 1 is 1.42 bits per heavy atom. The number of carbonyl (C=O) groups is 2. The molecule has 0 radical (unpaired) electrons. The molecule has 1 heterocycles. The topological polar surface area (TPSA) is 57.6 Å². The van der Waals surface area contributed by atoms with E-state index >= 15 is 0 Å². The zero-order valence-electron chi connectivity index (χ0n) is 14.6. The highest BCUT2D eigenvalue weighted by Crippen LogP contribution is 2.34. The van der Waals surface area contributed by atoms with Gasteiger partial charge in [-0.05, 0) is 39.2 Å². The van der Waals surface area contributed by atoms with Gasteiger partial charge >= 0.3 is 5.97 Å². The molecule has 1 N–H and O–H groups in total. The molecule has 130 valence electrons. The molecule has 0 atom stereocenters. The second kappa shape index (κ2) is 7.85. The second-order valence-corrected chi connectivity index (χ2v) is 7.97. The second-order valence-electron chi connectivity index (χ2n) is 6.92. The van der Waals surface area contributed by atoms with Crippen LogP contribution in [0.5, 0.6) is 0 Å². The van der Waals surface area contributed by atoms with E-state index in [0.29, 0.717) is 10.6 Å². The average Bonchev–Trinajstić information content (AvgIpc) is 2.99. The molecule has 1 aliphatic rings. The van der Waals surface area contributed by atoms with E-state index in [2.05, 4.69) is 32.6 Å². The molecule has 1 aromatic rings. The van der Waals surface area contributed by atoms with Gasteiger partial charge in [-0.3, -0.25) is 4.79 Å². The van der Waals surface area contributed by atoms with E-state index < -0.39 is 5.97 Å². The fourth-order valence-corrected chi connectivity index (χ4v) is 3.65. The fourth-order valence-electron chi connectivity index (χ4n) is 2.81. The van der Waals surface area contributed by atoms with Gasteiger partial charge in [0.1, 0.15) is 4.88 Å². The van der Waals surface area contributed by atoms with Crippen LogP contribution in [0, 0.1) is 17.3 Å². The van der Waals surface area contributed by atoms with Gasteiger partial charge in [-0.25, -0.2) is 4.79 Å². The van der Waals surface area contributed by atoms with Crippen molar-refractivity contribution in [3.8, 4) is 11.8 Å². The van der Waals surface area contributed by atoms with Crippen molar-refractivity contribution in [2.45, 2.75) is 65.3 Å². The van der Waals surface area contributed by atoms with Gasteiger partial charge in [0.15, 0.2) is 0 Å². The summed E-state index contributed by atoms with van der Waals surface area (Å²) in [5.41, 5.74) is 0.384. The summed E-state index contributed by atoms with van der Waals surface area (Å²) in [6.07, 6.45) is 6.90. The van der Waals surface area contributed by atoms with Crippen LogP contribution >= 0.6 is 11.3 Å². The molecule has 24 heavy (non-hydrogen) atoms. The van der Waals surface area contributed by atoms with E-state index in [-0.39, 0.29) is 16.3 Å². The van der Waals surface area contributed by atoms with Gasteiger partial charge in [0.25, 0.3) is 0 Å². The number of carboxylic acids is 1. The number of carboxylic acid groups (broad SMARTS) is 1. The molecule has 1 amide bonds. The highest BCUT2D eigenvalue weighted by Gasteiger charge is 2.27. The molecule has 0 unspecified atom stereocenters. The number of rotatable bonds is 5. The maximum Gasteiger partial charge on any atom is 0.348 e. The summed E-state index contributed by atoms with van der Waals surface area (Å²) in [5, 5.41) is 9.52. The van der Waals surface area contributed by atoms with Crippen molar-refractivity contribution in [3.05, 3.63) is 15.8 Å². The minimum atomic E-state index is -1.000. The van der Waals surface area contributed by atoms with E-state index in [1.54, 1.807) is 11.0 Å². The van der Waals surface area contributed by atoms with Crippen molar-refractivity contribution in [3.63, 3.8) is 0 Å². The lowest BCUT2D eigenvalue weighted by atomic mass is 9.91. The predicted molar refractivity (Wildman–Crippen MR) is 97.6 cm³/mol. The van der Waals surface area contributed by atoms with Crippen LogP contribution in [-0.4, -0.2) is 23.5 Å². The third-order valence-electron chi connectivity index (χ3n) is 4.67. The van der Waals surface area contributed by atoms with E-state index in [0.717, 1.165) is 49.9 Å². The zero-order chi connectivity index (χ0) is 17.7. The number of carbonyl (C=O) groups excluding carboxylic acids is 1. The lowest BCUT2D eigenvalue weighted by Gasteiger charge is -2.31. The minimum absolute atomic E-state index is 0.0943. The standard InChI is InChI=1S/C19H25NO3S/c1-4-19(2,3)11-10-15-12-16(17(24-15)18(22)23)20(13-21)14-8-6-5-7-9-14/h12-14H,4-9H2,1-3H3,(H,22,23). The van der Waals surface area contributed by atoms with Crippen molar-refractivity contribution in [1.29, 1.82) is 0 Å². The molecule has 0 aromatic carbocycles. The molecule has 5 heteroatoms. The maximum atomic E-state index is 11.7. The van der Waals surface area contributed by atoms with Gasteiger partial charge in [-0.2, -0.15) is 0 Å². The van der Waals surface area contributed by atoms with Gasteiger partial charge in [-0.15, -0.1) is 11.3 Å². The molecule has 1 aliphatic carbocycles. The summed E-state index contributed by atoms with van der Waals surface area (Å²) in [6.45, 7) is 6.20. The van der Waals surface area contributed by atoms with Crippen molar-refractivity contribution in [2.75, 3.05) is 4.90 Å². The maximum absolute atomic E-state index is 11.7. The summed E-state index contributed by atoms with van der Waals surface area (Å²) in [6, 6.07) is 1.85. The molecular formula is C19H25NO3S. The first-order chi connectivity index (χ1) is 11.4. The molecule has 2 rings (SSSR count). The fraction of sp³-hybridized carbons (Fsp3) is 0.579. The summed E-state index contributed by atoms with van der Waals surface area (Å²) >= 11 is 1.15. The number of thiophene rings is 1. The van der Waals surface area contributed by atoms with Crippen LogP contribution in [0.2, 0.25) is 0 Å². The van der Waals surface area contributed by atoms with Crippen LogP contribution in [0.15, 0.2) is 6.07 Å². The van der Waals surface area contributed by atoms with Gasteiger partial charge in [0.05, 0.1) is 10.6 Å². The molecule has 4 nitrogen and oxygen atoms in total. The number of nitrogens with zero attached hydrogens (tertiary/aromatic N) is 1. The number of hydrogen-bond donors (Lipinski definition) is 1. The Morgan fingerprint density at radius 3 is 2.62 bits per heavy atom. The largest absolute Gasteiger partial charge is 0.477 e. The van der Waals surface area contributed by atoms with Crippen molar-refractivity contribution >= 4 is 29.4 Å². The third-order valence-corrected chi connectivity index (χ3v) is 5.70. The number of amides is 1. The number of aromatic carboxylic acids is 1. The Bertz CT molecular complexity index is 660. The van der Waals surface area contributed by atoms with Gasteiger partial charge < -0.3 is 10.0 Å². The van der Waals surface area contributed by atoms with Crippen LogP contribution in [0.1, 0.15) is 73.8 Å². The van der Waals surface area contributed by atoms with Crippen LogP contribution in [0.3, 0.4) is 0 Å². The first-order valence-electron chi connectivity index (χ1n) is 8.52. The number of hydrogen-bond acceptors (Lipinski definition) is 3. The lowest BCUT2D eigenvalue weighted by molar-refractivity contribution is -0.108. The quantitative estimate of drug-likeness (QED) is 0.629. The highest BCUT2D eigenvalue weighted by molar-refractivity contribution is 7.15. The van der Waals surface area contributed by atoms with E-state index in [1.807, 2.05) is 0 Å². The van der Waals surface area contributed by atoms with E-state index in [1.165, 1.54) is 6.42 Å². The molecule has 0 bridgehead atoms. The molecule has 1 fully saturated rings. The molecule has 0 spiro atoms. The zero-order valence-corrected chi connectivity index (χ0v) is 15.4. The predicted octanol–water partition coefficient (Wildman–Crippen LogP) is 4.53. The molecule has 1 aromatic heterocycles. The Balaban J connectivity index is 2.37. The van der Waals surface area contributed by atoms with E-state index in [4.69, 9.17) is 0 Å². The van der Waals surface area contributed by atoms with Gasteiger partial charge in [0.2, 0.25) is 6.41 Å². The summed E-state index contributed by atoms with van der Waals surface area (Å²) in [5.74, 6) is 5.30. The molecule has 0 saturated heterocycles. The molecular weight excluding hydrogens is 322 g/mol. The summed E-state index contributed by atoms with van der Waals surface area (Å²) in [7, 11) is 0. The number of anilines is 1. The SMILES string of the molecule is CCC(C)(C)C#Cc1cc(N(C=O)C2CCCCC2)c(C(=O)O)s1. The molecule has 0 aliphatic heterocycles. The van der Waals surface area contributed by atoms with Crippen LogP contribution < -0.4 is 4.90 Å². The first-order valence-corrected chi connectivity index (χ1v) is 9.33. The van der Waals surface area contributed by atoms with Crippen molar-refractivity contribution < 1.29 is 14.7 Å². The van der Waals surface area contributed by atoms with Crippen LogP contribution in [0.4, 0.5) is 5.69 Å².